The Kier molecular flexibility index (Phi) is 5.18. The van der Waals surface area contributed by atoms with Gasteiger partial charge in [-0.3, -0.25) is 4.79 Å². The molecule has 0 bridgehead atoms. The first-order chi connectivity index (χ1) is 9.31. The van der Waals surface area contributed by atoms with Crippen molar-refractivity contribution in [3.63, 3.8) is 0 Å². The number of carbonyl (C=O) groups excluding carboxylic acids is 1. The molecule has 5 nitrogen and oxygen atoms in total. The highest BCUT2D eigenvalue weighted by atomic mass is 16.5. The molecule has 5 heteroatoms. The van der Waals surface area contributed by atoms with Gasteiger partial charge in [0.15, 0.2) is 0 Å². The number of ether oxygens (including phenoxy) is 2. The Labute approximate surface area is 113 Å². The zero-order valence-electron chi connectivity index (χ0n) is 10.9. The summed E-state index contributed by atoms with van der Waals surface area (Å²) in [5.41, 5.74) is 6.12. The molecule has 0 aromatic heterocycles. The third kappa shape index (κ3) is 3.94. The van der Waals surface area contributed by atoms with Gasteiger partial charge in [0.1, 0.15) is 12.4 Å². The lowest BCUT2D eigenvalue weighted by molar-refractivity contribution is -0.122. The first kappa shape index (κ1) is 13.8. The molecule has 0 unspecified atom stereocenters. The van der Waals surface area contributed by atoms with Crippen molar-refractivity contribution in [2.45, 2.75) is 12.8 Å². The summed E-state index contributed by atoms with van der Waals surface area (Å²) in [6, 6.07) is 7.41. The van der Waals surface area contributed by atoms with Gasteiger partial charge in [0.25, 0.3) is 0 Å². The van der Waals surface area contributed by atoms with Crippen LogP contribution in [-0.2, 0) is 9.53 Å². The topological polar surface area (TPSA) is 73.6 Å². The van der Waals surface area contributed by atoms with E-state index in [4.69, 9.17) is 15.2 Å². The third-order valence-corrected chi connectivity index (χ3v) is 3.11. The van der Waals surface area contributed by atoms with Crippen LogP contribution < -0.4 is 15.8 Å². The molecule has 0 saturated carbocycles. The predicted octanol–water partition coefficient (Wildman–Crippen LogP) is 1.39. The Balaban J connectivity index is 1.99. The normalized spacial score (nSPS) is 16.1. The van der Waals surface area contributed by atoms with Crippen molar-refractivity contribution in [3.05, 3.63) is 24.3 Å². The van der Waals surface area contributed by atoms with Crippen LogP contribution in [0.5, 0.6) is 5.75 Å². The highest BCUT2D eigenvalue weighted by Crippen LogP contribution is 2.25. The van der Waals surface area contributed by atoms with E-state index in [-0.39, 0.29) is 11.8 Å². The van der Waals surface area contributed by atoms with Gasteiger partial charge in [-0.05, 0) is 25.0 Å². The van der Waals surface area contributed by atoms with Crippen LogP contribution in [0.4, 0.5) is 5.69 Å². The van der Waals surface area contributed by atoms with Crippen molar-refractivity contribution in [3.8, 4) is 5.75 Å². The zero-order valence-corrected chi connectivity index (χ0v) is 10.9. The van der Waals surface area contributed by atoms with Gasteiger partial charge in [0.05, 0.1) is 5.69 Å². The fraction of sp³-hybridized carbons (Fsp3) is 0.500. The summed E-state index contributed by atoms with van der Waals surface area (Å²) in [4.78, 5) is 12.1. The maximum absolute atomic E-state index is 12.1. The van der Waals surface area contributed by atoms with E-state index < -0.39 is 0 Å². The van der Waals surface area contributed by atoms with Gasteiger partial charge in [0, 0.05) is 25.7 Å². The Bertz CT molecular complexity index is 417. The maximum Gasteiger partial charge on any atom is 0.227 e. The van der Waals surface area contributed by atoms with Gasteiger partial charge in [-0.1, -0.05) is 12.1 Å². The minimum absolute atomic E-state index is 0.0244. The molecule has 0 spiro atoms. The number of nitrogens with two attached hydrogens (primary N) is 1. The van der Waals surface area contributed by atoms with E-state index in [1.54, 1.807) is 0 Å². The first-order valence-corrected chi connectivity index (χ1v) is 6.62. The summed E-state index contributed by atoms with van der Waals surface area (Å²) in [7, 11) is 0. The number of amides is 1. The molecule has 1 aromatic carbocycles. The highest BCUT2D eigenvalue weighted by molar-refractivity contribution is 5.94. The second kappa shape index (κ2) is 7.11. The van der Waals surface area contributed by atoms with Crippen molar-refractivity contribution in [2.24, 2.45) is 11.7 Å². The molecule has 0 radical (unpaired) electrons. The smallest absolute Gasteiger partial charge is 0.227 e. The number of carbonyl (C=O) groups is 1. The van der Waals surface area contributed by atoms with E-state index in [0.717, 1.165) is 12.8 Å². The van der Waals surface area contributed by atoms with Gasteiger partial charge in [-0.15, -0.1) is 0 Å². The number of nitrogens with one attached hydrogen (secondary N) is 1. The summed E-state index contributed by atoms with van der Waals surface area (Å²) >= 11 is 0. The highest BCUT2D eigenvalue weighted by Gasteiger charge is 2.22. The Morgan fingerprint density at radius 3 is 2.84 bits per heavy atom. The Morgan fingerprint density at radius 2 is 2.11 bits per heavy atom. The third-order valence-electron chi connectivity index (χ3n) is 3.11. The summed E-state index contributed by atoms with van der Waals surface area (Å²) in [5, 5.41) is 2.93. The number of para-hydroxylation sites is 2. The van der Waals surface area contributed by atoms with Crippen LogP contribution >= 0.6 is 0 Å². The SMILES string of the molecule is NCCOc1ccccc1NC(=O)C1CCOCC1. The molecule has 104 valence electrons. The molecule has 3 N–H and O–H groups in total. The Morgan fingerprint density at radius 1 is 1.37 bits per heavy atom. The quantitative estimate of drug-likeness (QED) is 0.843. The number of hydrogen-bond acceptors (Lipinski definition) is 4. The van der Waals surface area contributed by atoms with Gasteiger partial charge < -0.3 is 20.5 Å². The van der Waals surface area contributed by atoms with Crippen LogP contribution in [0, 0.1) is 5.92 Å². The van der Waals surface area contributed by atoms with E-state index in [9.17, 15) is 4.79 Å². The molecule has 1 fully saturated rings. The molecule has 1 aliphatic rings. The standard InChI is InChI=1S/C14H20N2O3/c15-7-10-19-13-4-2-1-3-12(13)16-14(17)11-5-8-18-9-6-11/h1-4,11H,5-10,15H2,(H,16,17). The van der Waals surface area contributed by atoms with E-state index in [1.165, 1.54) is 0 Å². The van der Waals surface area contributed by atoms with Gasteiger partial charge in [0.2, 0.25) is 5.91 Å². The van der Waals surface area contributed by atoms with Crippen molar-refractivity contribution in [1.29, 1.82) is 0 Å². The summed E-state index contributed by atoms with van der Waals surface area (Å²) in [5.74, 6) is 0.719. The number of anilines is 1. The molecular formula is C14H20N2O3. The molecule has 0 aliphatic carbocycles. The number of benzene rings is 1. The van der Waals surface area contributed by atoms with Crippen molar-refractivity contribution < 1.29 is 14.3 Å². The molecule has 0 atom stereocenters. The summed E-state index contributed by atoms with van der Waals surface area (Å²) in [6.07, 6.45) is 1.55. The second-order valence-corrected chi connectivity index (χ2v) is 4.51. The largest absolute Gasteiger partial charge is 0.490 e. The summed E-state index contributed by atoms with van der Waals surface area (Å²) < 4.78 is 10.8. The summed E-state index contributed by atoms with van der Waals surface area (Å²) in [6.45, 7) is 2.19. The molecule has 1 heterocycles. The molecule has 2 rings (SSSR count). The number of hydrogen-bond donors (Lipinski definition) is 2. The minimum Gasteiger partial charge on any atom is -0.490 e. The van der Waals surface area contributed by atoms with Gasteiger partial charge in [-0.2, -0.15) is 0 Å². The van der Waals surface area contributed by atoms with E-state index in [1.807, 2.05) is 24.3 Å². The van der Waals surface area contributed by atoms with Crippen LogP contribution in [0.25, 0.3) is 0 Å². The lowest BCUT2D eigenvalue weighted by Gasteiger charge is -2.21. The van der Waals surface area contributed by atoms with Crippen LogP contribution in [0.1, 0.15) is 12.8 Å². The first-order valence-electron chi connectivity index (χ1n) is 6.62. The maximum atomic E-state index is 12.1. The monoisotopic (exact) mass is 264 g/mol. The van der Waals surface area contributed by atoms with E-state index in [0.29, 0.717) is 37.8 Å². The fourth-order valence-corrected chi connectivity index (χ4v) is 2.06. The molecule has 19 heavy (non-hydrogen) atoms. The number of rotatable bonds is 5. The van der Waals surface area contributed by atoms with Crippen LogP contribution in [-0.4, -0.2) is 32.3 Å². The predicted molar refractivity (Wildman–Crippen MR) is 73.2 cm³/mol. The van der Waals surface area contributed by atoms with Crippen molar-refractivity contribution >= 4 is 11.6 Å². The Hall–Kier alpha value is -1.59. The van der Waals surface area contributed by atoms with Crippen molar-refractivity contribution in [2.75, 3.05) is 31.7 Å². The molecule has 1 aliphatic heterocycles. The average molecular weight is 264 g/mol. The molecule has 1 aromatic rings. The van der Waals surface area contributed by atoms with Gasteiger partial charge in [-0.25, -0.2) is 0 Å². The molecule has 1 saturated heterocycles. The minimum atomic E-state index is 0.0244. The van der Waals surface area contributed by atoms with E-state index >= 15 is 0 Å². The lowest BCUT2D eigenvalue weighted by Crippen LogP contribution is -2.28. The average Bonchev–Trinajstić information content (AvgIpc) is 2.47. The van der Waals surface area contributed by atoms with Crippen LogP contribution in [0.2, 0.25) is 0 Å². The van der Waals surface area contributed by atoms with Crippen LogP contribution in [0.3, 0.4) is 0 Å². The zero-order chi connectivity index (χ0) is 13.5. The van der Waals surface area contributed by atoms with Crippen LogP contribution in [0.15, 0.2) is 24.3 Å². The lowest BCUT2D eigenvalue weighted by atomic mass is 9.99. The molecule has 1 amide bonds. The van der Waals surface area contributed by atoms with Crippen molar-refractivity contribution in [1.82, 2.24) is 0 Å². The molecular weight excluding hydrogens is 244 g/mol. The van der Waals surface area contributed by atoms with Gasteiger partial charge >= 0.3 is 0 Å². The van der Waals surface area contributed by atoms with E-state index in [2.05, 4.69) is 5.32 Å². The second-order valence-electron chi connectivity index (χ2n) is 4.51. The fourth-order valence-electron chi connectivity index (χ4n) is 2.06.